The summed E-state index contributed by atoms with van der Waals surface area (Å²) in [6.45, 7) is 2.87. The molecule has 8 nitrogen and oxygen atoms in total. The molecule has 2 aliphatic rings. The maximum atomic E-state index is 14.4. The zero-order valence-electron chi connectivity index (χ0n) is 20.1. The van der Waals surface area contributed by atoms with E-state index in [9.17, 15) is 4.39 Å². The van der Waals surface area contributed by atoms with Crippen LogP contribution in [0.15, 0.2) is 42.5 Å². The number of para-hydroxylation sites is 1. The Morgan fingerprint density at radius 1 is 0.971 bits per heavy atom. The molecule has 0 radical (unpaired) electrons. The van der Waals surface area contributed by atoms with E-state index in [2.05, 4.69) is 25.3 Å². The second-order valence-corrected chi connectivity index (χ2v) is 8.90. The number of nitrogens with zero attached hydrogens (tertiary/aromatic N) is 6. The maximum absolute atomic E-state index is 14.4. The van der Waals surface area contributed by atoms with Gasteiger partial charge in [0, 0.05) is 31.7 Å². The van der Waals surface area contributed by atoms with Crippen molar-refractivity contribution in [1.82, 2.24) is 25.1 Å². The van der Waals surface area contributed by atoms with Crippen molar-refractivity contribution in [2.45, 2.75) is 37.8 Å². The summed E-state index contributed by atoms with van der Waals surface area (Å²) in [5.74, 6) is 2.15. The van der Waals surface area contributed by atoms with Gasteiger partial charge in [0.2, 0.25) is 0 Å². The third-order valence-electron chi connectivity index (χ3n) is 7.04. The highest BCUT2D eigenvalue weighted by Crippen LogP contribution is 2.39. The fraction of sp³-hybridized carbons (Fsp3) is 0.480. The molecule has 2 aromatic carbocycles. The summed E-state index contributed by atoms with van der Waals surface area (Å²) in [5, 5.41) is 13.0. The average Bonchev–Trinajstić information content (AvgIpc) is 3.57. The van der Waals surface area contributed by atoms with E-state index < -0.39 is 0 Å². The van der Waals surface area contributed by atoms with Crippen LogP contribution in [-0.4, -0.2) is 65.5 Å². The highest BCUT2D eigenvalue weighted by molar-refractivity contribution is 5.48. The van der Waals surface area contributed by atoms with E-state index in [1.165, 1.54) is 18.9 Å². The van der Waals surface area contributed by atoms with Crippen molar-refractivity contribution in [2.75, 3.05) is 45.3 Å². The highest BCUT2D eigenvalue weighted by Gasteiger charge is 2.35. The number of hydrogen-bond acceptors (Lipinski definition) is 7. The van der Waals surface area contributed by atoms with Crippen molar-refractivity contribution in [3.05, 3.63) is 59.7 Å². The van der Waals surface area contributed by atoms with Gasteiger partial charge in [-0.25, -0.2) is 9.07 Å². The van der Waals surface area contributed by atoms with Crippen molar-refractivity contribution in [1.29, 1.82) is 0 Å². The van der Waals surface area contributed by atoms with Crippen LogP contribution in [-0.2, 0) is 0 Å². The largest absolute Gasteiger partial charge is 1.00 e. The number of anilines is 1. The second-order valence-electron chi connectivity index (χ2n) is 8.90. The van der Waals surface area contributed by atoms with Crippen LogP contribution in [0.25, 0.3) is 0 Å². The quantitative estimate of drug-likeness (QED) is 0.475. The van der Waals surface area contributed by atoms with Crippen molar-refractivity contribution in [2.24, 2.45) is 0 Å². The minimum Gasteiger partial charge on any atom is -1.00 e. The van der Waals surface area contributed by atoms with Gasteiger partial charge in [-0.05, 0) is 53.6 Å². The van der Waals surface area contributed by atoms with Crippen LogP contribution in [0.1, 0.15) is 49.2 Å². The number of piperazine rings is 1. The molecule has 2 fully saturated rings. The van der Waals surface area contributed by atoms with Crippen LogP contribution in [0.3, 0.4) is 0 Å². The van der Waals surface area contributed by atoms with E-state index in [-0.39, 0.29) is 24.3 Å². The van der Waals surface area contributed by atoms with Crippen LogP contribution >= 0.6 is 0 Å². The number of ether oxygens (including phenoxy) is 2. The number of aromatic nitrogens is 4. The van der Waals surface area contributed by atoms with E-state index in [1.54, 1.807) is 20.3 Å². The molecule has 0 N–H and O–H groups in total. The van der Waals surface area contributed by atoms with Crippen LogP contribution in [0.4, 0.5) is 10.1 Å². The Morgan fingerprint density at radius 3 is 2.40 bits per heavy atom. The molecule has 1 unspecified atom stereocenters. The van der Waals surface area contributed by atoms with Gasteiger partial charge in [-0.1, -0.05) is 25.0 Å². The van der Waals surface area contributed by atoms with Gasteiger partial charge in [-0.2, -0.15) is 0 Å². The van der Waals surface area contributed by atoms with Gasteiger partial charge < -0.3 is 26.8 Å². The zero-order valence-corrected chi connectivity index (χ0v) is 20.9. The summed E-state index contributed by atoms with van der Waals surface area (Å²) in [6, 6.07) is 12.9. The first-order chi connectivity index (χ1) is 16.7. The summed E-state index contributed by atoms with van der Waals surface area (Å²) < 4.78 is 27.7. The molecule has 0 amide bonds. The standard InChI is InChI=1S/C25H31FN6O2.ClH/c1-33-19-11-12-23(34-2)20(17-19)24(25-27-28-29-32(25)18-7-3-4-8-18)31-15-13-30(14-16-31)22-10-6-5-9-21(22)26;/h5-6,9-12,17-18,24H,3-4,7-8,13-16H2,1-2H3;1H/p-1. The molecule has 35 heavy (non-hydrogen) atoms. The predicted molar refractivity (Wildman–Crippen MR) is 127 cm³/mol. The summed E-state index contributed by atoms with van der Waals surface area (Å²) >= 11 is 0. The van der Waals surface area contributed by atoms with Gasteiger partial charge in [0.25, 0.3) is 0 Å². The molecule has 10 heteroatoms. The molecule has 0 spiro atoms. The Morgan fingerprint density at radius 2 is 1.71 bits per heavy atom. The fourth-order valence-corrected chi connectivity index (χ4v) is 5.27. The fourth-order valence-electron chi connectivity index (χ4n) is 5.27. The normalized spacial score (nSPS) is 17.7. The first-order valence-electron chi connectivity index (χ1n) is 11.9. The molecule has 1 aromatic heterocycles. The van der Waals surface area contributed by atoms with Gasteiger partial charge >= 0.3 is 0 Å². The van der Waals surface area contributed by atoms with Gasteiger partial charge in [0.1, 0.15) is 23.4 Å². The summed E-state index contributed by atoms with van der Waals surface area (Å²) in [6.07, 6.45) is 4.55. The number of hydrogen-bond donors (Lipinski definition) is 0. The van der Waals surface area contributed by atoms with Crippen LogP contribution < -0.4 is 26.8 Å². The van der Waals surface area contributed by atoms with Gasteiger partial charge in [-0.15, -0.1) is 5.10 Å². The molecule has 1 atom stereocenters. The lowest BCUT2D eigenvalue weighted by molar-refractivity contribution is -0.00000823. The third kappa shape index (κ3) is 5.06. The second kappa shape index (κ2) is 11.2. The molecule has 1 saturated carbocycles. The van der Waals surface area contributed by atoms with Gasteiger partial charge in [-0.3, -0.25) is 4.90 Å². The molecule has 2 heterocycles. The Hall–Kier alpha value is -2.91. The number of halogens is 2. The van der Waals surface area contributed by atoms with E-state index in [1.807, 2.05) is 35.0 Å². The molecule has 1 aliphatic heterocycles. The summed E-state index contributed by atoms with van der Waals surface area (Å²) in [4.78, 5) is 4.47. The van der Waals surface area contributed by atoms with Crippen molar-refractivity contribution >= 4 is 5.69 Å². The first-order valence-corrected chi connectivity index (χ1v) is 11.9. The lowest BCUT2D eigenvalue weighted by Gasteiger charge is -2.40. The minimum absolute atomic E-state index is 0. The predicted octanol–water partition coefficient (Wildman–Crippen LogP) is 0.860. The van der Waals surface area contributed by atoms with Gasteiger partial charge in [0.15, 0.2) is 5.82 Å². The molecule has 3 aromatic rings. The molecule has 5 rings (SSSR count). The minimum atomic E-state index is -0.205. The molecule has 1 aliphatic carbocycles. The van der Waals surface area contributed by atoms with E-state index in [0.29, 0.717) is 24.8 Å². The smallest absolute Gasteiger partial charge is 0.173 e. The number of rotatable bonds is 7. The van der Waals surface area contributed by atoms with E-state index in [0.717, 1.165) is 48.8 Å². The third-order valence-corrected chi connectivity index (χ3v) is 7.04. The summed E-state index contributed by atoms with van der Waals surface area (Å²) in [7, 11) is 3.34. The topological polar surface area (TPSA) is 68.5 Å². The number of benzene rings is 2. The SMILES string of the molecule is COc1ccc(OC)c(C(c2nnnn2C2CCCC2)N2CCN(c3ccccc3F)CC2)c1.[Cl-]. The molecule has 188 valence electrons. The Labute approximate surface area is 211 Å². The van der Waals surface area contributed by atoms with Gasteiger partial charge in [0.05, 0.1) is 25.9 Å². The maximum Gasteiger partial charge on any atom is 0.173 e. The molecular formula is C25H31ClFN6O2-. The Bertz CT molecular complexity index is 1110. The van der Waals surface area contributed by atoms with E-state index in [4.69, 9.17) is 9.47 Å². The van der Waals surface area contributed by atoms with Crippen molar-refractivity contribution in [3.63, 3.8) is 0 Å². The lowest BCUT2D eigenvalue weighted by Crippen LogP contribution is -3.00. The van der Waals surface area contributed by atoms with Crippen molar-refractivity contribution in [3.8, 4) is 11.5 Å². The molecule has 1 saturated heterocycles. The molecule has 0 bridgehead atoms. The Kier molecular flexibility index (Phi) is 8.07. The Balaban J connectivity index is 0.00000289. The molecular weight excluding hydrogens is 471 g/mol. The zero-order chi connectivity index (χ0) is 23.5. The average molecular weight is 502 g/mol. The van der Waals surface area contributed by atoms with Crippen LogP contribution in [0, 0.1) is 5.82 Å². The lowest BCUT2D eigenvalue weighted by atomic mass is 10.0. The van der Waals surface area contributed by atoms with E-state index >= 15 is 0 Å². The number of tetrazole rings is 1. The summed E-state index contributed by atoms with van der Waals surface area (Å²) in [5.41, 5.74) is 1.61. The number of methoxy groups -OCH3 is 2. The van der Waals surface area contributed by atoms with Crippen LogP contribution in [0.5, 0.6) is 11.5 Å². The van der Waals surface area contributed by atoms with Crippen molar-refractivity contribution < 1.29 is 26.3 Å². The highest BCUT2D eigenvalue weighted by atomic mass is 35.5. The van der Waals surface area contributed by atoms with Crippen LogP contribution in [0.2, 0.25) is 0 Å². The first kappa shape index (κ1) is 25.2. The monoisotopic (exact) mass is 501 g/mol.